The number of hydrogen-bond acceptors (Lipinski definition) is 6. The van der Waals surface area contributed by atoms with Crippen LogP contribution in [0.1, 0.15) is 53.6 Å². The molecule has 4 aromatic rings. The Morgan fingerprint density at radius 3 is 2.69 bits per heavy atom. The summed E-state index contributed by atoms with van der Waals surface area (Å²) in [5.74, 6) is -0.956. The molecule has 0 spiro atoms. The molecule has 48 heavy (non-hydrogen) atoms. The average molecular weight is 698 g/mol. The zero-order valence-electron chi connectivity index (χ0n) is 26.3. The lowest BCUT2D eigenvalue weighted by atomic mass is 10.1. The monoisotopic (exact) mass is 696 g/mol. The number of para-hydroxylation sites is 1. The summed E-state index contributed by atoms with van der Waals surface area (Å²) in [7, 11) is 0. The van der Waals surface area contributed by atoms with Crippen LogP contribution in [0.5, 0.6) is 11.5 Å². The van der Waals surface area contributed by atoms with E-state index in [1.54, 1.807) is 23.4 Å². The summed E-state index contributed by atoms with van der Waals surface area (Å²) in [6.07, 6.45) is 5.02. The maximum atomic E-state index is 15.1. The molecular formula is C35H35Cl2FN4O6. The summed E-state index contributed by atoms with van der Waals surface area (Å²) in [4.78, 5) is 38.2. The van der Waals surface area contributed by atoms with Gasteiger partial charge in [-0.05, 0) is 56.5 Å². The molecular weight excluding hydrogens is 662 g/mol. The molecule has 0 saturated heterocycles. The quantitative estimate of drug-likeness (QED) is 0.146. The van der Waals surface area contributed by atoms with Crippen molar-refractivity contribution in [1.82, 2.24) is 15.1 Å². The maximum absolute atomic E-state index is 15.1. The topological polar surface area (TPSA) is 123 Å². The number of carboxylic acids is 1. The van der Waals surface area contributed by atoms with Gasteiger partial charge in [-0.15, -0.1) is 0 Å². The molecule has 10 nitrogen and oxygen atoms in total. The number of fused-ring (bicyclic) bond motifs is 1. The van der Waals surface area contributed by atoms with Gasteiger partial charge in [0.15, 0.2) is 5.75 Å². The minimum absolute atomic E-state index is 0.00243. The summed E-state index contributed by atoms with van der Waals surface area (Å²) in [5, 5.41) is 16.4. The average Bonchev–Trinajstić information content (AvgIpc) is 3.42. The Hall–Kier alpha value is -4.61. The van der Waals surface area contributed by atoms with Gasteiger partial charge in [0.05, 0.1) is 31.6 Å². The van der Waals surface area contributed by atoms with Gasteiger partial charge in [-0.25, -0.2) is 4.39 Å². The van der Waals surface area contributed by atoms with Crippen LogP contribution in [0.3, 0.4) is 0 Å². The maximum Gasteiger partial charge on any atom is 0.303 e. The lowest BCUT2D eigenvalue weighted by molar-refractivity contribution is -0.137. The van der Waals surface area contributed by atoms with E-state index in [0.29, 0.717) is 66.8 Å². The van der Waals surface area contributed by atoms with Crippen molar-refractivity contribution in [3.63, 3.8) is 0 Å². The standard InChI is InChI=1S/C35H35Cl2FN4O6/c1-22-27(36)8-3-10-31(22)47-15-5-11-32(43)42-14-6-16-48-34-25(7-2-9-30(34)42)24-19-40-41(20-24)21-26-28(37)17-23(18-29(26)38)35(46)39-13-4-12-33(44)45/h2-3,7-10,17-20H,4-6,11-16,21H2,1H3,(H,39,46)(H,44,45). The van der Waals surface area contributed by atoms with Crippen molar-refractivity contribution in [2.24, 2.45) is 0 Å². The molecule has 0 unspecified atom stereocenters. The molecule has 0 aliphatic carbocycles. The van der Waals surface area contributed by atoms with E-state index in [-0.39, 0.29) is 48.0 Å². The van der Waals surface area contributed by atoms with Gasteiger partial charge in [-0.1, -0.05) is 41.4 Å². The van der Waals surface area contributed by atoms with Crippen molar-refractivity contribution < 1.29 is 33.4 Å². The number of carbonyl (C=O) groups is 3. The number of nitrogens with zero attached hydrogens (tertiary/aromatic N) is 3. The number of nitrogens with one attached hydrogen (secondary N) is 1. The number of ether oxygens (including phenoxy) is 2. The summed E-state index contributed by atoms with van der Waals surface area (Å²) in [6.45, 7) is 3.35. The van der Waals surface area contributed by atoms with Crippen molar-refractivity contribution in [3.05, 3.63) is 93.5 Å². The minimum Gasteiger partial charge on any atom is -0.493 e. The lowest BCUT2D eigenvalue weighted by Gasteiger charge is -2.23. The van der Waals surface area contributed by atoms with Crippen molar-refractivity contribution >= 4 is 46.7 Å². The molecule has 252 valence electrons. The predicted octanol–water partition coefficient (Wildman–Crippen LogP) is 6.92. The first-order valence-electron chi connectivity index (χ1n) is 15.6. The number of anilines is 1. The van der Waals surface area contributed by atoms with Gasteiger partial charge in [0.2, 0.25) is 5.91 Å². The number of rotatable bonds is 13. The molecule has 0 fully saturated rings. The summed E-state index contributed by atoms with van der Waals surface area (Å²) in [6, 6.07) is 13.6. The Labute approximate surface area is 287 Å². The van der Waals surface area contributed by atoms with Gasteiger partial charge in [0, 0.05) is 70.0 Å². The van der Waals surface area contributed by atoms with E-state index in [1.165, 1.54) is 10.7 Å². The Balaban J connectivity index is 1.25. The number of hydrogen-bond donors (Lipinski definition) is 2. The first-order chi connectivity index (χ1) is 23.1. The van der Waals surface area contributed by atoms with Crippen LogP contribution in [0.2, 0.25) is 10.0 Å². The van der Waals surface area contributed by atoms with Crippen LogP contribution in [-0.2, 0) is 16.1 Å². The van der Waals surface area contributed by atoms with Gasteiger partial charge >= 0.3 is 5.97 Å². The molecule has 0 bridgehead atoms. The van der Waals surface area contributed by atoms with E-state index >= 15 is 4.39 Å². The van der Waals surface area contributed by atoms with E-state index in [9.17, 15) is 14.4 Å². The largest absolute Gasteiger partial charge is 0.493 e. The summed E-state index contributed by atoms with van der Waals surface area (Å²) < 4.78 is 28.7. The highest BCUT2D eigenvalue weighted by atomic mass is 35.5. The molecule has 0 radical (unpaired) electrons. The molecule has 1 aliphatic heterocycles. The van der Waals surface area contributed by atoms with Crippen LogP contribution in [0.15, 0.2) is 60.9 Å². The molecule has 5 rings (SSSR count). The first-order valence-corrected chi connectivity index (χ1v) is 16.3. The fraction of sp³-hybridized carbons (Fsp3) is 0.314. The van der Waals surface area contributed by atoms with Gasteiger partial charge in [-0.2, -0.15) is 5.10 Å². The summed E-state index contributed by atoms with van der Waals surface area (Å²) >= 11 is 12.6. The number of halogens is 3. The third-order valence-corrected chi connectivity index (χ3v) is 8.64. The van der Waals surface area contributed by atoms with Crippen LogP contribution >= 0.6 is 23.2 Å². The van der Waals surface area contributed by atoms with Crippen LogP contribution in [0, 0.1) is 12.7 Å². The van der Waals surface area contributed by atoms with Crippen molar-refractivity contribution in [1.29, 1.82) is 0 Å². The van der Waals surface area contributed by atoms with Crippen LogP contribution < -0.4 is 19.7 Å². The number of amides is 2. The second-order valence-electron chi connectivity index (χ2n) is 11.3. The molecule has 0 atom stereocenters. The molecule has 1 aromatic heterocycles. The van der Waals surface area contributed by atoms with Gasteiger partial charge in [0.25, 0.3) is 5.91 Å². The van der Waals surface area contributed by atoms with Crippen molar-refractivity contribution in [2.45, 2.75) is 45.6 Å². The highest BCUT2D eigenvalue weighted by Gasteiger charge is 2.25. The third-order valence-electron chi connectivity index (χ3n) is 7.89. The van der Waals surface area contributed by atoms with Crippen LogP contribution in [-0.4, -0.2) is 59.0 Å². The van der Waals surface area contributed by atoms with E-state index in [4.69, 9.17) is 37.8 Å². The molecule has 0 saturated carbocycles. The molecule has 2 amide bonds. The number of carboxylic acid groups (broad SMARTS) is 1. The Bertz CT molecular complexity index is 1790. The predicted molar refractivity (Wildman–Crippen MR) is 181 cm³/mol. The highest BCUT2D eigenvalue weighted by Crippen LogP contribution is 2.40. The Kier molecular flexibility index (Phi) is 11.6. The number of aromatic nitrogens is 2. The van der Waals surface area contributed by atoms with E-state index in [2.05, 4.69) is 10.4 Å². The second kappa shape index (κ2) is 16.0. The van der Waals surface area contributed by atoms with E-state index in [0.717, 1.165) is 17.2 Å². The molecule has 3 aromatic carbocycles. The lowest BCUT2D eigenvalue weighted by Crippen LogP contribution is -2.31. The van der Waals surface area contributed by atoms with Crippen LogP contribution in [0.4, 0.5) is 10.1 Å². The van der Waals surface area contributed by atoms with Crippen molar-refractivity contribution in [3.8, 4) is 22.6 Å². The number of benzene rings is 3. The van der Waals surface area contributed by atoms with Gasteiger partial charge in [0.1, 0.15) is 11.6 Å². The normalized spacial score (nSPS) is 12.5. The second-order valence-corrected chi connectivity index (χ2v) is 12.1. The Morgan fingerprint density at radius 1 is 1.08 bits per heavy atom. The van der Waals surface area contributed by atoms with Crippen LogP contribution in [0.25, 0.3) is 11.1 Å². The highest BCUT2D eigenvalue weighted by molar-refractivity contribution is 6.32. The Morgan fingerprint density at radius 2 is 1.90 bits per heavy atom. The van der Waals surface area contributed by atoms with Crippen molar-refractivity contribution in [2.75, 3.05) is 31.2 Å². The third kappa shape index (κ3) is 8.45. The zero-order valence-corrected chi connectivity index (χ0v) is 27.8. The fourth-order valence-electron chi connectivity index (χ4n) is 5.36. The molecule has 2 heterocycles. The minimum atomic E-state index is -0.963. The number of carbonyl (C=O) groups excluding carboxylic acids is 2. The molecule has 13 heteroatoms. The van der Waals surface area contributed by atoms with Gasteiger partial charge in [-0.3, -0.25) is 19.1 Å². The smallest absolute Gasteiger partial charge is 0.303 e. The number of aliphatic carboxylic acids is 1. The zero-order chi connectivity index (χ0) is 34.2. The van der Waals surface area contributed by atoms with E-state index in [1.807, 2.05) is 37.3 Å². The first kappa shape index (κ1) is 34.7. The SMILES string of the molecule is Cc1c(Cl)cccc1OCCCC(=O)N1CCCOc2c(-c3cnn(Cc4c(F)cc(C(=O)NCCCC(=O)O)cc4Cl)c3)cccc21. The summed E-state index contributed by atoms with van der Waals surface area (Å²) in [5.41, 5.74) is 3.16. The fourth-order valence-corrected chi connectivity index (χ4v) is 5.79. The van der Waals surface area contributed by atoms with E-state index < -0.39 is 17.7 Å². The molecule has 2 N–H and O–H groups in total. The molecule has 1 aliphatic rings. The van der Waals surface area contributed by atoms with Gasteiger partial charge < -0.3 is 24.8 Å².